The van der Waals surface area contributed by atoms with Crippen molar-refractivity contribution in [1.29, 1.82) is 0 Å². The Labute approximate surface area is 42.5 Å². The molecule has 0 aromatic rings. The Morgan fingerprint density at radius 1 is 1.83 bits per heavy atom. The van der Waals surface area contributed by atoms with Crippen LogP contribution in [0.5, 0.6) is 0 Å². The van der Waals surface area contributed by atoms with Crippen molar-refractivity contribution in [3.8, 4) is 0 Å². The van der Waals surface area contributed by atoms with Gasteiger partial charge in [-0.1, -0.05) is 13.8 Å². The quantitative estimate of drug-likeness (QED) is 0.468. The molecule has 0 spiro atoms. The van der Waals surface area contributed by atoms with Crippen LogP contribution in [0.2, 0.25) is 0 Å². The maximum Gasteiger partial charge on any atom is -0.0267 e. The highest BCUT2D eigenvalue weighted by Gasteiger charge is 1.88. The topological polar surface area (TPSA) is 0 Å². The molecule has 1 heteroatoms. The van der Waals surface area contributed by atoms with Crippen molar-refractivity contribution in [2.45, 2.75) is 25.4 Å². The monoisotopic (exact) mass is 103 g/mol. The zero-order valence-corrected chi connectivity index (χ0v) is 5.43. The van der Waals surface area contributed by atoms with Crippen LogP contribution in [0.15, 0.2) is 0 Å². The maximum absolute atomic E-state index is 3.74. The molecular weight excluding hydrogens is 91.0 g/mol. The second kappa shape index (κ2) is 3.61. The lowest BCUT2D eigenvalue weighted by Crippen LogP contribution is -1.88. The van der Waals surface area contributed by atoms with Crippen LogP contribution >= 0.6 is 9.24 Å². The first-order valence-electron chi connectivity index (χ1n) is 2.36. The third-order valence-corrected chi connectivity index (χ3v) is 1.70. The summed E-state index contributed by atoms with van der Waals surface area (Å²) in [4.78, 5) is 0. The van der Waals surface area contributed by atoms with Crippen molar-refractivity contribution < 1.29 is 0 Å². The Morgan fingerprint density at radius 2 is 2.33 bits per heavy atom. The van der Waals surface area contributed by atoms with E-state index in [0.29, 0.717) is 0 Å². The largest absolute Gasteiger partial charge is 0.134 e. The van der Waals surface area contributed by atoms with E-state index >= 15 is 0 Å². The molecule has 6 heavy (non-hydrogen) atoms. The van der Waals surface area contributed by atoms with Gasteiger partial charge in [-0.3, -0.25) is 0 Å². The van der Waals surface area contributed by atoms with E-state index in [2.05, 4.69) is 23.1 Å². The van der Waals surface area contributed by atoms with Gasteiger partial charge in [-0.25, -0.2) is 0 Å². The Hall–Kier alpha value is 0.430. The van der Waals surface area contributed by atoms with E-state index in [1.165, 1.54) is 6.42 Å². The molecule has 0 aromatic heterocycles. The first kappa shape index (κ1) is 6.43. The highest BCUT2D eigenvalue weighted by Crippen LogP contribution is 2.06. The van der Waals surface area contributed by atoms with Gasteiger partial charge in [0.15, 0.2) is 0 Å². The average molecular weight is 103 g/mol. The fourth-order valence-electron chi connectivity index (χ4n) is 0.204. The van der Waals surface area contributed by atoms with Crippen LogP contribution in [0.25, 0.3) is 0 Å². The van der Waals surface area contributed by atoms with Gasteiger partial charge in [-0.2, -0.15) is 0 Å². The predicted molar refractivity (Wildman–Crippen MR) is 33.8 cm³/mol. The maximum atomic E-state index is 3.74. The van der Waals surface area contributed by atoms with Crippen molar-refractivity contribution in [3.05, 3.63) is 6.92 Å². The molecule has 2 atom stereocenters. The third kappa shape index (κ3) is 2.66. The Morgan fingerprint density at radius 3 is 2.33 bits per heavy atom. The summed E-state index contributed by atoms with van der Waals surface area (Å²) in [7, 11) is 2.75. The fourth-order valence-corrected chi connectivity index (χ4v) is 0.204. The van der Waals surface area contributed by atoms with E-state index in [0.717, 1.165) is 12.1 Å². The second-order valence-corrected chi connectivity index (χ2v) is 2.40. The minimum Gasteiger partial charge on any atom is -0.134 e. The third-order valence-electron chi connectivity index (χ3n) is 0.895. The number of hydrogen-bond donors (Lipinski definition) is 0. The lowest BCUT2D eigenvalue weighted by Gasteiger charge is -1.98. The van der Waals surface area contributed by atoms with Crippen molar-refractivity contribution >= 4 is 9.24 Å². The van der Waals surface area contributed by atoms with Gasteiger partial charge >= 0.3 is 0 Å². The Kier molecular flexibility index (Phi) is 3.87. The lowest BCUT2D eigenvalue weighted by molar-refractivity contribution is 0.835. The van der Waals surface area contributed by atoms with Gasteiger partial charge in [0.1, 0.15) is 0 Å². The first-order valence-corrected chi connectivity index (χ1v) is 3.02. The van der Waals surface area contributed by atoms with Crippen LogP contribution in [0.1, 0.15) is 19.8 Å². The fraction of sp³-hybridized carbons (Fsp3) is 0.800. The van der Waals surface area contributed by atoms with Crippen LogP contribution in [0, 0.1) is 6.92 Å². The van der Waals surface area contributed by atoms with Crippen molar-refractivity contribution in [2.75, 3.05) is 0 Å². The highest BCUT2D eigenvalue weighted by atomic mass is 31.0. The van der Waals surface area contributed by atoms with Gasteiger partial charge in [0.05, 0.1) is 0 Å². The zero-order valence-electron chi connectivity index (χ0n) is 4.28. The molecule has 0 nitrogen and oxygen atoms in total. The molecule has 0 bridgehead atoms. The van der Waals surface area contributed by atoms with E-state index in [1.807, 2.05) is 0 Å². The van der Waals surface area contributed by atoms with Crippen molar-refractivity contribution in [2.24, 2.45) is 0 Å². The van der Waals surface area contributed by atoms with Gasteiger partial charge in [0.25, 0.3) is 0 Å². The van der Waals surface area contributed by atoms with E-state index in [1.54, 1.807) is 0 Å². The van der Waals surface area contributed by atoms with Crippen LogP contribution in [-0.4, -0.2) is 5.66 Å². The van der Waals surface area contributed by atoms with Crippen LogP contribution in [0.3, 0.4) is 0 Å². The molecule has 0 fully saturated rings. The summed E-state index contributed by atoms with van der Waals surface area (Å²) in [6.45, 7) is 5.91. The van der Waals surface area contributed by atoms with Crippen LogP contribution < -0.4 is 0 Å². The second-order valence-electron chi connectivity index (χ2n) is 1.46. The van der Waals surface area contributed by atoms with Gasteiger partial charge in [0.2, 0.25) is 0 Å². The van der Waals surface area contributed by atoms with Gasteiger partial charge < -0.3 is 0 Å². The summed E-state index contributed by atoms with van der Waals surface area (Å²) in [6, 6.07) is 0. The summed E-state index contributed by atoms with van der Waals surface area (Å²) >= 11 is 0. The highest BCUT2D eigenvalue weighted by molar-refractivity contribution is 7.17. The van der Waals surface area contributed by atoms with Crippen LogP contribution in [-0.2, 0) is 0 Å². The summed E-state index contributed by atoms with van der Waals surface area (Å²) in [5.41, 5.74) is 0.741. The molecule has 0 N–H and O–H groups in total. The first-order chi connectivity index (χ1) is 2.81. The summed E-state index contributed by atoms with van der Waals surface area (Å²) < 4.78 is 0. The van der Waals surface area contributed by atoms with Crippen LogP contribution in [0.4, 0.5) is 0 Å². The SMILES string of the molecule is [CH2]CC(P)CC. The molecule has 37 valence electrons. The molecule has 2 unspecified atom stereocenters. The molecule has 0 aliphatic rings. The molecule has 0 aliphatic carbocycles. The molecular formula is C5H12P. The summed E-state index contributed by atoms with van der Waals surface area (Å²) in [6.07, 6.45) is 2.27. The molecule has 0 amide bonds. The van der Waals surface area contributed by atoms with E-state index in [4.69, 9.17) is 0 Å². The molecule has 0 aliphatic heterocycles. The molecule has 0 saturated heterocycles. The van der Waals surface area contributed by atoms with Crippen molar-refractivity contribution in [1.82, 2.24) is 0 Å². The van der Waals surface area contributed by atoms with E-state index < -0.39 is 0 Å². The molecule has 0 rings (SSSR count). The van der Waals surface area contributed by atoms with Gasteiger partial charge in [-0.05, 0) is 18.5 Å². The number of rotatable bonds is 2. The molecule has 0 saturated carbocycles. The Balaban J connectivity index is 2.75. The predicted octanol–water partition coefficient (Wildman–Crippen LogP) is 1.86. The molecule has 0 heterocycles. The van der Waals surface area contributed by atoms with Gasteiger partial charge in [-0.15, -0.1) is 9.24 Å². The minimum atomic E-state index is 0.741. The number of hydrogen-bond acceptors (Lipinski definition) is 0. The smallest absolute Gasteiger partial charge is 0.0267 e. The lowest BCUT2D eigenvalue weighted by atomic mass is 10.3. The zero-order chi connectivity index (χ0) is 4.99. The molecule has 0 aromatic carbocycles. The normalized spacial score (nSPS) is 10.0. The standard InChI is InChI=1S/C5H12P/c1-3-5(6)4-2/h5H,1,3-4,6H2,2H3. The van der Waals surface area contributed by atoms with E-state index in [-0.39, 0.29) is 0 Å². The average Bonchev–Trinajstić information content (AvgIpc) is 1.65. The summed E-state index contributed by atoms with van der Waals surface area (Å²) in [5.74, 6) is 0. The summed E-state index contributed by atoms with van der Waals surface area (Å²) in [5, 5.41) is 0. The van der Waals surface area contributed by atoms with Crippen molar-refractivity contribution in [3.63, 3.8) is 0 Å². The van der Waals surface area contributed by atoms with Gasteiger partial charge in [0, 0.05) is 0 Å². The molecule has 1 radical (unpaired) electrons. The minimum absolute atomic E-state index is 0.741. The van der Waals surface area contributed by atoms with E-state index in [9.17, 15) is 0 Å². The Bertz CT molecular complexity index is 23.1.